The average Bonchev–Trinajstić information content (AvgIpc) is 3.16. The molecular weight excluding hydrogens is 449 g/mol. The third-order valence-corrected chi connectivity index (χ3v) is 5.80. The second-order valence-corrected chi connectivity index (χ2v) is 7.99. The summed E-state index contributed by atoms with van der Waals surface area (Å²) in [4.78, 5) is 28.8. The van der Waals surface area contributed by atoms with E-state index >= 15 is 0 Å². The lowest BCUT2D eigenvalue weighted by Crippen LogP contribution is -2.29. The normalized spacial score (nSPS) is 14.7. The van der Waals surface area contributed by atoms with Crippen molar-refractivity contribution in [1.82, 2.24) is 0 Å². The number of hydrogen-bond acceptors (Lipinski definition) is 5. The number of carbonyl (C=O) groups excluding carboxylic acids is 1. The lowest BCUT2D eigenvalue weighted by Gasteiger charge is -2.25. The van der Waals surface area contributed by atoms with E-state index in [1.165, 1.54) is 17.0 Å². The molecule has 3 aromatic carbocycles. The topological polar surface area (TPSA) is 69.0 Å². The summed E-state index contributed by atoms with van der Waals surface area (Å²) >= 11 is 0. The minimum absolute atomic E-state index is 0.0644. The van der Waals surface area contributed by atoms with Gasteiger partial charge in [-0.3, -0.25) is 14.5 Å². The van der Waals surface area contributed by atoms with Crippen molar-refractivity contribution in [2.45, 2.75) is 13.0 Å². The Hall–Kier alpha value is -4.39. The van der Waals surface area contributed by atoms with Gasteiger partial charge < -0.3 is 13.9 Å². The van der Waals surface area contributed by atoms with E-state index in [-0.39, 0.29) is 22.3 Å². The molecule has 1 unspecified atom stereocenters. The molecule has 0 bridgehead atoms. The molecular formula is C28H22FNO5. The smallest absolute Gasteiger partial charge is 0.295 e. The third kappa shape index (κ3) is 3.95. The number of carbonyl (C=O) groups is 1. The summed E-state index contributed by atoms with van der Waals surface area (Å²) in [5.41, 5.74) is 1.06. The molecule has 1 atom stereocenters. The maximum atomic E-state index is 14.0. The number of hydrogen-bond donors (Lipinski definition) is 0. The molecule has 5 rings (SSSR count). The SMILES string of the molecule is C=CCOc1cccc(C2c3c(oc4ccc(F)cc4c3=O)C(=O)N2c2ccc(OCC)cc2)c1. The lowest BCUT2D eigenvalue weighted by molar-refractivity contribution is 0.0971. The minimum Gasteiger partial charge on any atom is -0.494 e. The number of ether oxygens (including phenoxy) is 2. The summed E-state index contributed by atoms with van der Waals surface area (Å²) in [7, 11) is 0. The summed E-state index contributed by atoms with van der Waals surface area (Å²) in [5, 5.41) is 0.0779. The van der Waals surface area contributed by atoms with Crippen LogP contribution in [0.3, 0.4) is 0 Å². The molecule has 35 heavy (non-hydrogen) atoms. The maximum Gasteiger partial charge on any atom is 0.295 e. The van der Waals surface area contributed by atoms with E-state index in [1.807, 2.05) is 13.0 Å². The predicted molar refractivity (Wildman–Crippen MR) is 131 cm³/mol. The Morgan fingerprint density at radius 1 is 1.03 bits per heavy atom. The van der Waals surface area contributed by atoms with Crippen LogP contribution in [0.25, 0.3) is 11.0 Å². The zero-order chi connectivity index (χ0) is 24.5. The minimum atomic E-state index is -0.799. The second-order valence-electron chi connectivity index (χ2n) is 7.99. The van der Waals surface area contributed by atoms with E-state index < -0.39 is 23.2 Å². The average molecular weight is 471 g/mol. The molecule has 176 valence electrons. The molecule has 0 saturated heterocycles. The summed E-state index contributed by atoms with van der Waals surface area (Å²) < 4.78 is 31.1. The summed E-state index contributed by atoms with van der Waals surface area (Å²) in [6.07, 6.45) is 1.63. The Bertz CT molecular complexity index is 1490. The van der Waals surface area contributed by atoms with Gasteiger partial charge in [-0.25, -0.2) is 4.39 Å². The van der Waals surface area contributed by atoms with Crippen LogP contribution in [-0.2, 0) is 0 Å². The van der Waals surface area contributed by atoms with Gasteiger partial charge in [0, 0.05) is 5.69 Å². The Labute approximate surface area is 200 Å². The van der Waals surface area contributed by atoms with Crippen LogP contribution in [0.15, 0.2) is 88.6 Å². The zero-order valence-electron chi connectivity index (χ0n) is 19.0. The van der Waals surface area contributed by atoms with E-state index in [9.17, 15) is 14.0 Å². The number of amides is 1. The van der Waals surface area contributed by atoms with E-state index in [2.05, 4.69) is 6.58 Å². The highest BCUT2D eigenvalue weighted by atomic mass is 19.1. The number of rotatable bonds is 7. The van der Waals surface area contributed by atoms with Crippen molar-refractivity contribution in [1.29, 1.82) is 0 Å². The van der Waals surface area contributed by atoms with Crippen molar-refractivity contribution in [2.75, 3.05) is 18.1 Å². The van der Waals surface area contributed by atoms with Crippen LogP contribution in [0, 0.1) is 5.82 Å². The van der Waals surface area contributed by atoms with E-state index in [0.29, 0.717) is 36.0 Å². The molecule has 0 aliphatic carbocycles. The predicted octanol–water partition coefficient (Wildman–Crippen LogP) is 5.65. The van der Waals surface area contributed by atoms with Crippen LogP contribution in [0.5, 0.6) is 11.5 Å². The van der Waals surface area contributed by atoms with Crippen LogP contribution in [0.2, 0.25) is 0 Å². The third-order valence-electron chi connectivity index (χ3n) is 5.80. The highest BCUT2D eigenvalue weighted by Gasteiger charge is 2.43. The molecule has 1 aliphatic heterocycles. The summed E-state index contributed by atoms with van der Waals surface area (Å²) in [6.45, 7) is 6.36. The Morgan fingerprint density at radius 3 is 2.57 bits per heavy atom. The molecule has 7 heteroatoms. The first-order valence-electron chi connectivity index (χ1n) is 11.2. The van der Waals surface area contributed by atoms with Gasteiger partial charge in [0.25, 0.3) is 5.91 Å². The number of anilines is 1. The first-order chi connectivity index (χ1) is 17.0. The van der Waals surface area contributed by atoms with Crippen LogP contribution >= 0.6 is 0 Å². The quantitative estimate of drug-likeness (QED) is 0.326. The number of halogens is 1. The summed E-state index contributed by atoms with van der Waals surface area (Å²) in [5.74, 6) is 0.132. The first kappa shape index (κ1) is 22.4. The molecule has 2 heterocycles. The van der Waals surface area contributed by atoms with Gasteiger partial charge in [-0.05, 0) is 67.1 Å². The number of benzene rings is 3. The highest BCUT2D eigenvalue weighted by molar-refractivity contribution is 6.10. The molecule has 0 spiro atoms. The number of nitrogens with zero attached hydrogens (tertiary/aromatic N) is 1. The van der Waals surface area contributed by atoms with E-state index in [4.69, 9.17) is 13.9 Å². The maximum absolute atomic E-state index is 14.0. The van der Waals surface area contributed by atoms with Gasteiger partial charge >= 0.3 is 0 Å². The molecule has 1 amide bonds. The molecule has 0 fully saturated rings. The van der Waals surface area contributed by atoms with Gasteiger partial charge in [-0.2, -0.15) is 0 Å². The van der Waals surface area contributed by atoms with Gasteiger partial charge in [0.2, 0.25) is 5.76 Å². The fourth-order valence-electron chi connectivity index (χ4n) is 4.33. The molecule has 0 saturated carbocycles. The molecule has 0 radical (unpaired) electrons. The monoisotopic (exact) mass is 471 g/mol. The van der Waals surface area contributed by atoms with Gasteiger partial charge in [0.15, 0.2) is 5.43 Å². The molecule has 1 aromatic heterocycles. The van der Waals surface area contributed by atoms with Gasteiger partial charge in [0.05, 0.1) is 23.6 Å². The Balaban J connectivity index is 1.72. The molecule has 4 aromatic rings. The molecule has 6 nitrogen and oxygen atoms in total. The van der Waals surface area contributed by atoms with Crippen molar-refractivity contribution < 1.29 is 23.1 Å². The van der Waals surface area contributed by atoms with Crippen molar-refractivity contribution in [3.05, 3.63) is 112 Å². The van der Waals surface area contributed by atoms with Gasteiger partial charge in [0.1, 0.15) is 29.5 Å². The number of fused-ring (bicyclic) bond motifs is 2. The Morgan fingerprint density at radius 2 is 1.83 bits per heavy atom. The van der Waals surface area contributed by atoms with Gasteiger partial charge in [-0.15, -0.1) is 0 Å². The van der Waals surface area contributed by atoms with E-state index in [0.717, 1.165) is 6.07 Å². The van der Waals surface area contributed by atoms with Crippen molar-refractivity contribution in [3.8, 4) is 11.5 Å². The fraction of sp³-hybridized carbons (Fsp3) is 0.143. The van der Waals surface area contributed by atoms with Crippen LogP contribution in [0.1, 0.15) is 34.6 Å². The lowest BCUT2D eigenvalue weighted by atomic mass is 9.98. The van der Waals surface area contributed by atoms with E-state index in [1.54, 1.807) is 48.5 Å². The summed E-state index contributed by atoms with van der Waals surface area (Å²) in [6, 6.07) is 17.1. The zero-order valence-corrected chi connectivity index (χ0v) is 19.0. The van der Waals surface area contributed by atoms with Crippen molar-refractivity contribution in [2.24, 2.45) is 0 Å². The Kier molecular flexibility index (Phi) is 5.82. The fourth-order valence-corrected chi connectivity index (χ4v) is 4.33. The molecule has 0 N–H and O–H groups in total. The van der Waals surface area contributed by atoms with Crippen molar-refractivity contribution >= 4 is 22.6 Å². The van der Waals surface area contributed by atoms with Gasteiger partial charge in [-0.1, -0.05) is 24.8 Å². The highest BCUT2D eigenvalue weighted by Crippen LogP contribution is 2.42. The largest absolute Gasteiger partial charge is 0.494 e. The second kappa shape index (κ2) is 9.10. The standard InChI is InChI=1S/C28H22FNO5/c1-3-14-34-21-7-5-6-17(15-21)25-24-26(31)22-16-18(29)8-13-23(22)35-27(24)28(32)30(25)19-9-11-20(12-10-19)33-4-2/h3,5-13,15-16,25H,1,4,14H2,2H3. The molecule has 1 aliphatic rings. The first-order valence-corrected chi connectivity index (χ1v) is 11.2. The van der Waals surface area contributed by atoms with Crippen molar-refractivity contribution in [3.63, 3.8) is 0 Å². The van der Waals surface area contributed by atoms with Crippen LogP contribution in [-0.4, -0.2) is 19.1 Å². The van der Waals surface area contributed by atoms with Crippen LogP contribution < -0.4 is 19.8 Å². The van der Waals surface area contributed by atoms with Crippen LogP contribution in [0.4, 0.5) is 10.1 Å².